The summed E-state index contributed by atoms with van der Waals surface area (Å²) < 4.78 is 17.5. The maximum Gasteiger partial charge on any atom is 0.411 e. The first-order valence-electron chi connectivity index (χ1n) is 11.5. The van der Waals surface area contributed by atoms with Crippen molar-refractivity contribution in [2.75, 3.05) is 20.2 Å². The zero-order chi connectivity index (χ0) is 24.2. The molecule has 0 saturated carbocycles. The van der Waals surface area contributed by atoms with Crippen LogP contribution in [-0.2, 0) is 18.7 Å². The van der Waals surface area contributed by atoms with Crippen molar-refractivity contribution >= 4 is 20.4 Å². The van der Waals surface area contributed by atoms with Crippen molar-refractivity contribution in [2.45, 2.75) is 110 Å². The van der Waals surface area contributed by atoms with Crippen LogP contribution in [0.4, 0.5) is 4.79 Å². The van der Waals surface area contributed by atoms with Gasteiger partial charge in [0.1, 0.15) is 11.6 Å². The van der Waals surface area contributed by atoms with E-state index in [1.54, 1.807) is 4.90 Å². The Bertz CT molecular complexity index is 610. The first kappa shape index (κ1) is 27.9. The van der Waals surface area contributed by atoms with Gasteiger partial charge in [-0.05, 0) is 64.3 Å². The van der Waals surface area contributed by atoms with Crippen LogP contribution < -0.4 is 5.32 Å². The van der Waals surface area contributed by atoms with Crippen LogP contribution in [0.3, 0.4) is 0 Å². The number of amides is 1. The fourth-order valence-electron chi connectivity index (χ4n) is 3.47. The molecule has 0 aromatic carbocycles. The van der Waals surface area contributed by atoms with Crippen LogP contribution >= 0.6 is 0 Å². The number of nitrogens with zero attached hydrogens (tertiary/aromatic N) is 1. The molecule has 0 aromatic heterocycles. The number of likely N-dealkylation sites (tertiary alicyclic amines) is 1. The lowest BCUT2D eigenvalue weighted by atomic mass is 10.1. The Kier molecular flexibility index (Phi) is 9.60. The highest BCUT2D eigenvalue weighted by Crippen LogP contribution is 2.41. The van der Waals surface area contributed by atoms with Gasteiger partial charge in [-0.15, -0.1) is 0 Å². The number of rotatable bonds is 8. The Morgan fingerprint density at radius 2 is 1.71 bits per heavy atom. The molecule has 1 saturated heterocycles. The summed E-state index contributed by atoms with van der Waals surface area (Å²) in [7, 11) is -0.756. The molecule has 1 fully saturated rings. The van der Waals surface area contributed by atoms with E-state index < -0.39 is 32.0 Å². The minimum Gasteiger partial charge on any atom is -0.467 e. The SMILES string of the molecule is COC(=O)[C@@H]1C[C@@H](O[Si](C)(C)C(C)(C)C)[C@@H](CCNCC(C)C)N1C(=O)OC(C)(C)C. The smallest absolute Gasteiger partial charge is 0.411 e. The molecule has 0 radical (unpaired) electrons. The number of esters is 1. The first-order chi connectivity index (χ1) is 14.0. The number of hydrogen-bond donors (Lipinski definition) is 1. The standard InChI is InChI=1S/C23H46N2O5Si/c1-16(2)15-24-13-12-17-19(30-31(10,11)23(6,7)8)14-18(20(26)28-9)25(17)21(27)29-22(3,4)5/h16-19,24H,12-15H2,1-11H3/t17-,18+,19-/m1/s1. The van der Waals surface area contributed by atoms with Crippen LogP contribution in [0.5, 0.6) is 0 Å². The summed E-state index contributed by atoms with van der Waals surface area (Å²) in [5.74, 6) is 0.111. The molecule has 3 atom stereocenters. The van der Waals surface area contributed by atoms with E-state index in [4.69, 9.17) is 13.9 Å². The van der Waals surface area contributed by atoms with Crippen LogP contribution in [0.1, 0.15) is 68.2 Å². The molecule has 1 rings (SSSR count). The van der Waals surface area contributed by atoms with E-state index in [9.17, 15) is 9.59 Å². The lowest BCUT2D eigenvalue weighted by Crippen LogP contribution is -2.51. The van der Waals surface area contributed by atoms with Gasteiger partial charge in [-0.1, -0.05) is 34.6 Å². The van der Waals surface area contributed by atoms with Crippen molar-refractivity contribution in [1.82, 2.24) is 10.2 Å². The van der Waals surface area contributed by atoms with Gasteiger partial charge in [-0.3, -0.25) is 4.90 Å². The summed E-state index contributed by atoms with van der Waals surface area (Å²) in [4.78, 5) is 27.4. The lowest BCUT2D eigenvalue weighted by molar-refractivity contribution is -0.146. The van der Waals surface area contributed by atoms with Gasteiger partial charge >= 0.3 is 12.1 Å². The minimum absolute atomic E-state index is 0.0214. The maximum atomic E-state index is 13.2. The molecule has 8 heteroatoms. The number of methoxy groups -OCH3 is 1. The highest BCUT2D eigenvalue weighted by atomic mass is 28.4. The summed E-state index contributed by atoms with van der Waals surface area (Å²) >= 11 is 0. The van der Waals surface area contributed by atoms with E-state index in [1.807, 2.05) is 20.8 Å². The van der Waals surface area contributed by atoms with Crippen LogP contribution in [0, 0.1) is 5.92 Å². The van der Waals surface area contributed by atoms with E-state index in [2.05, 4.69) is 53.0 Å². The number of nitrogens with one attached hydrogen (secondary N) is 1. The predicted octanol–water partition coefficient (Wildman–Crippen LogP) is 4.56. The Labute approximate surface area is 190 Å². The molecule has 1 amide bonds. The highest BCUT2D eigenvalue weighted by molar-refractivity contribution is 6.74. The van der Waals surface area contributed by atoms with Gasteiger partial charge in [0.15, 0.2) is 8.32 Å². The third-order valence-corrected chi connectivity index (χ3v) is 10.6. The first-order valence-corrected chi connectivity index (χ1v) is 14.4. The molecule has 1 N–H and O–H groups in total. The molecular weight excluding hydrogens is 412 g/mol. The van der Waals surface area contributed by atoms with Crippen LogP contribution in [0.25, 0.3) is 0 Å². The fourth-order valence-corrected chi connectivity index (χ4v) is 4.84. The Morgan fingerprint density at radius 1 is 1.13 bits per heavy atom. The normalized spacial score (nSPS) is 22.7. The van der Waals surface area contributed by atoms with Crippen LogP contribution in [0.2, 0.25) is 18.1 Å². The molecular formula is C23H46N2O5Si. The van der Waals surface area contributed by atoms with Crippen molar-refractivity contribution < 1.29 is 23.5 Å². The third kappa shape index (κ3) is 8.06. The largest absolute Gasteiger partial charge is 0.467 e. The third-order valence-electron chi connectivity index (χ3n) is 6.08. The summed E-state index contributed by atoms with van der Waals surface area (Å²) in [5.41, 5.74) is -0.656. The van der Waals surface area contributed by atoms with Crippen LogP contribution in [0.15, 0.2) is 0 Å². The molecule has 182 valence electrons. The maximum absolute atomic E-state index is 13.2. The van der Waals surface area contributed by atoms with Gasteiger partial charge in [0.05, 0.1) is 19.3 Å². The van der Waals surface area contributed by atoms with E-state index >= 15 is 0 Å². The Morgan fingerprint density at radius 3 is 2.16 bits per heavy atom. The molecule has 31 heavy (non-hydrogen) atoms. The van der Waals surface area contributed by atoms with E-state index in [0.29, 0.717) is 18.8 Å². The number of ether oxygens (including phenoxy) is 2. The van der Waals surface area contributed by atoms with Gasteiger partial charge in [0, 0.05) is 6.42 Å². The van der Waals surface area contributed by atoms with E-state index in [0.717, 1.165) is 13.1 Å². The average molecular weight is 459 g/mol. The van der Waals surface area contributed by atoms with Gasteiger partial charge in [0.25, 0.3) is 0 Å². The van der Waals surface area contributed by atoms with Crippen molar-refractivity contribution in [3.05, 3.63) is 0 Å². The summed E-state index contributed by atoms with van der Waals surface area (Å²) in [6.45, 7) is 22.4. The van der Waals surface area contributed by atoms with Crippen molar-refractivity contribution in [3.8, 4) is 0 Å². The fraction of sp³-hybridized carbons (Fsp3) is 0.913. The van der Waals surface area contributed by atoms with Crippen LogP contribution in [-0.4, -0.2) is 69.3 Å². The molecule has 0 aliphatic carbocycles. The van der Waals surface area contributed by atoms with Crippen molar-refractivity contribution in [1.29, 1.82) is 0 Å². The number of hydrogen-bond acceptors (Lipinski definition) is 6. The lowest BCUT2D eigenvalue weighted by Gasteiger charge is -2.40. The molecule has 0 unspecified atom stereocenters. The molecule has 0 aromatic rings. The quantitative estimate of drug-likeness (QED) is 0.326. The second-order valence-corrected chi connectivity index (χ2v) is 16.3. The van der Waals surface area contributed by atoms with Gasteiger partial charge in [-0.2, -0.15) is 0 Å². The van der Waals surface area contributed by atoms with Crippen molar-refractivity contribution in [2.24, 2.45) is 5.92 Å². The molecule has 0 bridgehead atoms. The summed E-state index contributed by atoms with van der Waals surface area (Å²) in [5, 5.41) is 3.47. The predicted molar refractivity (Wildman–Crippen MR) is 127 cm³/mol. The highest BCUT2D eigenvalue weighted by Gasteiger charge is 2.52. The van der Waals surface area contributed by atoms with E-state index in [1.165, 1.54) is 7.11 Å². The second-order valence-electron chi connectivity index (χ2n) is 11.5. The average Bonchev–Trinajstić information content (AvgIpc) is 2.93. The summed E-state index contributed by atoms with van der Waals surface area (Å²) in [6.07, 6.45) is 0.378. The molecule has 1 heterocycles. The molecule has 7 nitrogen and oxygen atoms in total. The number of carbonyl (C=O) groups is 2. The van der Waals surface area contributed by atoms with Gasteiger partial charge < -0.3 is 19.2 Å². The van der Waals surface area contributed by atoms with Gasteiger partial charge in [0.2, 0.25) is 0 Å². The molecule has 1 aliphatic heterocycles. The second kappa shape index (κ2) is 10.7. The summed E-state index contributed by atoms with van der Waals surface area (Å²) in [6, 6.07) is -0.961. The monoisotopic (exact) mass is 458 g/mol. The molecule has 1 aliphatic rings. The van der Waals surface area contributed by atoms with E-state index in [-0.39, 0.29) is 17.2 Å². The topological polar surface area (TPSA) is 77.1 Å². The van der Waals surface area contributed by atoms with Crippen molar-refractivity contribution in [3.63, 3.8) is 0 Å². The Hall–Kier alpha value is -1.12. The number of carbonyl (C=O) groups excluding carboxylic acids is 2. The molecule has 0 spiro atoms. The zero-order valence-corrected chi connectivity index (χ0v) is 22.6. The van der Waals surface area contributed by atoms with Gasteiger partial charge in [-0.25, -0.2) is 9.59 Å². The minimum atomic E-state index is -2.11. The Balaban J connectivity index is 3.23. The zero-order valence-electron chi connectivity index (χ0n) is 21.6.